The smallest absolute Gasteiger partial charge is 0.244 e. The number of aryl methyl sites for hydroxylation is 1. The van der Waals surface area contributed by atoms with Crippen LogP contribution in [0.2, 0.25) is 0 Å². The van der Waals surface area contributed by atoms with Crippen molar-refractivity contribution in [3.05, 3.63) is 29.6 Å². The van der Waals surface area contributed by atoms with Crippen molar-refractivity contribution in [2.75, 3.05) is 5.32 Å². The van der Waals surface area contributed by atoms with E-state index in [1.54, 1.807) is 19.1 Å². The van der Waals surface area contributed by atoms with Crippen LogP contribution in [0.4, 0.5) is 10.1 Å². The zero-order valence-corrected chi connectivity index (χ0v) is 11.2. The maximum atomic E-state index is 13.6. The molecule has 0 bridgehead atoms. The van der Waals surface area contributed by atoms with E-state index < -0.39 is 5.54 Å². The van der Waals surface area contributed by atoms with Crippen LogP contribution in [0.1, 0.15) is 39.2 Å². The number of rotatable bonds is 5. The average molecular weight is 252 g/mol. The summed E-state index contributed by atoms with van der Waals surface area (Å²) in [6.45, 7) is 5.53. The number of nitrogens with two attached hydrogens (primary N) is 1. The van der Waals surface area contributed by atoms with Gasteiger partial charge in [-0.25, -0.2) is 4.39 Å². The minimum atomic E-state index is -0.922. The number of nitrogens with one attached hydrogen (secondary N) is 1. The predicted octanol–water partition coefficient (Wildman–Crippen LogP) is 2.84. The molecule has 0 aliphatic carbocycles. The SMILES string of the molecule is CCCC(C)(N)C(=O)Nc1ccc(CC)c(F)c1. The minimum Gasteiger partial charge on any atom is -0.324 e. The van der Waals surface area contributed by atoms with Crippen LogP contribution in [0.5, 0.6) is 0 Å². The lowest BCUT2D eigenvalue weighted by atomic mass is 9.96. The fraction of sp³-hybridized carbons (Fsp3) is 0.500. The minimum absolute atomic E-state index is 0.284. The summed E-state index contributed by atoms with van der Waals surface area (Å²) in [5.74, 6) is -0.586. The van der Waals surface area contributed by atoms with E-state index in [-0.39, 0.29) is 11.7 Å². The number of amides is 1. The van der Waals surface area contributed by atoms with Crippen LogP contribution in [0.15, 0.2) is 18.2 Å². The fourth-order valence-electron chi connectivity index (χ4n) is 1.82. The maximum Gasteiger partial charge on any atom is 0.244 e. The zero-order chi connectivity index (χ0) is 13.8. The van der Waals surface area contributed by atoms with Crippen LogP contribution >= 0.6 is 0 Å². The molecular formula is C14H21FN2O. The zero-order valence-electron chi connectivity index (χ0n) is 11.2. The van der Waals surface area contributed by atoms with Gasteiger partial charge in [-0.2, -0.15) is 0 Å². The van der Waals surface area contributed by atoms with Crippen molar-refractivity contribution in [3.63, 3.8) is 0 Å². The highest BCUT2D eigenvalue weighted by atomic mass is 19.1. The van der Waals surface area contributed by atoms with Gasteiger partial charge in [0.25, 0.3) is 0 Å². The van der Waals surface area contributed by atoms with Gasteiger partial charge in [0.2, 0.25) is 5.91 Å². The fourth-order valence-corrected chi connectivity index (χ4v) is 1.82. The van der Waals surface area contributed by atoms with Crippen LogP contribution in [-0.4, -0.2) is 11.4 Å². The van der Waals surface area contributed by atoms with Gasteiger partial charge in [0.1, 0.15) is 5.82 Å². The molecule has 1 atom stereocenters. The second-order valence-electron chi connectivity index (χ2n) is 4.78. The second kappa shape index (κ2) is 5.96. The molecular weight excluding hydrogens is 231 g/mol. The van der Waals surface area contributed by atoms with Crippen LogP contribution in [0.25, 0.3) is 0 Å². The molecule has 0 spiro atoms. The summed E-state index contributed by atoms with van der Waals surface area (Å²) in [5, 5.41) is 2.66. The summed E-state index contributed by atoms with van der Waals surface area (Å²) in [4.78, 5) is 11.9. The number of halogens is 1. The van der Waals surface area contributed by atoms with E-state index in [0.717, 1.165) is 6.42 Å². The monoisotopic (exact) mass is 252 g/mol. The molecule has 1 aromatic rings. The quantitative estimate of drug-likeness (QED) is 0.846. The molecule has 0 aliphatic rings. The standard InChI is InChI=1S/C14H21FN2O/c1-4-8-14(3,16)13(18)17-11-7-6-10(5-2)12(15)9-11/h6-7,9H,4-5,8,16H2,1-3H3,(H,17,18). The molecule has 0 saturated heterocycles. The van der Waals surface area contributed by atoms with Gasteiger partial charge >= 0.3 is 0 Å². The Bertz CT molecular complexity index is 430. The number of benzene rings is 1. The highest BCUT2D eigenvalue weighted by molar-refractivity contribution is 5.97. The average Bonchev–Trinajstić information content (AvgIpc) is 2.29. The van der Waals surface area contributed by atoms with Gasteiger partial charge in [-0.15, -0.1) is 0 Å². The van der Waals surface area contributed by atoms with Gasteiger partial charge in [-0.1, -0.05) is 26.3 Å². The van der Waals surface area contributed by atoms with E-state index in [4.69, 9.17) is 5.73 Å². The van der Waals surface area contributed by atoms with Crippen molar-refractivity contribution in [2.24, 2.45) is 5.73 Å². The predicted molar refractivity (Wildman–Crippen MR) is 71.9 cm³/mol. The summed E-state index contributed by atoms with van der Waals surface area (Å²) >= 11 is 0. The lowest BCUT2D eigenvalue weighted by Gasteiger charge is -2.22. The molecule has 4 heteroatoms. The summed E-state index contributed by atoms with van der Waals surface area (Å²) in [5.41, 5.74) is 6.07. The molecule has 18 heavy (non-hydrogen) atoms. The molecule has 1 rings (SSSR count). The summed E-state index contributed by atoms with van der Waals surface area (Å²) in [6, 6.07) is 4.71. The van der Waals surface area contributed by atoms with Crippen molar-refractivity contribution in [3.8, 4) is 0 Å². The Morgan fingerprint density at radius 1 is 1.44 bits per heavy atom. The molecule has 0 aromatic heterocycles. The van der Waals surface area contributed by atoms with Crippen molar-refractivity contribution >= 4 is 11.6 Å². The van der Waals surface area contributed by atoms with Gasteiger partial charge in [-0.05, 0) is 37.5 Å². The van der Waals surface area contributed by atoms with Crippen LogP contribution in [0.3, 0.4) is 0 Å². The van der Waals surface area contributed by atoms with Crippen molar-refractivity contribution in [1.82, 2.24) is 0 Å². The van der Waals surface area contributed by atoms with Gasteiger partial charge < -0.3 is 11.1 Å². The first-order valence-corrected chi connectivity index (χ1v) is 6.29. The molecule has 3 N–H and O–H groups in total. The third-order valence-corrected chi connectivity index (χ3v) is 2.98. The number of anilines is 1. The lowest BCUT2D eigenvalue weighted by molar-refractivity contribution is -0.120. The Morgan fingerprint density at radius 3 is 2.61 bits per heavy atom. The molecule has 1 unspecified atom stereocenters. The molecule has 0 heterocycles. The largest absolute Gasteiger partial charge is 0.324 e. The van der Waals surface area contributed by atoms with E-state index in [9.17, 15) is 9.18 Å². The number of carbonyl (C=O) groups excluding carboxylic acids is 1. The summed E-state index contributed by atoms with van der Waals surface area (Å²) < 4.78 is 13.6. The van der Waals surface area contributed by atoms with Gasteiger partial charge in [0, 0.05) is 5.69 Å². The first kappa shape index (κ1) is 14.6. The van der Waals surface area contributed by atoms with Crippen molar-refractivity contribution < 1.29 is 9.18 Å². The first-order valence-electron chi connectivity index (χ1n) is 6.29. The van der Waals surface area contributed by atoms with Crippen LogP contribution in [0, 0.1) is 5.82 Å². The molecule has 1 aromatic carbocycles. The third-order valence-electron chi connectivity index (χ3n) is 2.98. The highest BCUT2D eigenvalue weighted by Gasteiger charge is 2.27. The Balaban J connectivity index is 2.79. The Hall–Kier alpha value is -1.42. The number of carbonyl (C=O) groups is 1. The van der Waals surface area contributed by atoms with Crippen molar-refractivity contribution in [1.29, 1.82) is 0 Å². The molecule has 100 valence electrons. The van der Waals surface area contributed by atoms with E-state index in [1.165, 1.54) is 6.07 Å². The molecule has 1 amide bonds. The van der Waals surface area contributed by atoms with E-state index in [2.05, 4.69) is 5.32 Å². The van der Waals surface area contributed by atoms with E-state index in [0.29, 0.717) is 24.1 Å². The Kier molecular flexibility index (Phi) is 4.84. The topological polar surface area (TPSA) is 55.1 Å². The van der Waals surface area contributed by atoms with Gasteiger partial charge in [-0.3, -0.25) is 4.79 Å². The highest BCUT2D eigenvalue weighted by Crippen LogP contribution is 2.17. The summed E-state index contributed by atoms with van der Waals surface area (Å²) in [6.07, 6.45) is 2.04. The van der Waals surface area contributed by atoms with Crippen LogP contribution in [-0.2, 0) is 11.2 Å². The van der Waals surface area contributed by atoms with Gasteiger partial charge in [0.15, 0.2) is 0 Å². The lowest BCUT2D eigenvalue weighted by Crippen LogP contribution is -2.48. The van der Waals surface area contributed by atoms with E-state index in [1.807, 2.05) is 13.8 Å². The van der Waals surface area contributed by atoms with E-state index >= 15 is 0 Å². The molecule has 0 aliphatic heterocycles. The maximum absolute atomic E-state index is 13.6. The first-order chi connectivity index (χ1) is 8.40. The molecule has 0 fully saturated rings. The molecule has 0 radical (unpaired) electrons. The number of hydrogen-bond donors (Lipinski definition) is 2. The molecule has 0 saturated carbocycles. The second-order valence-corrected chi connectivity index (χ2v) is 4.78. The van der Waals surface area contributed by atoms with Gasteiger partial charge in [0.05, 0.1) is 5.54 Å². The Labute approximate surface area is 108 Å². The van der Waals surface area contributed by atoms with Crippen LogP contribution < -0.4 is 11.1 Å². The molecule has 3 nitrogen and oxygen atoms in total. The Morgan fingerprint density at radius 2 is 2.11 bits per heavy atom. The number of hydrogen-bond acceptors (Lipinski definition) is 2. The third kappa shape index (κ3) is 3.53. The van der Waals surface area contributed by atoms with Crippen molar-refractivity contribution in [2.45, 2.75) is 45.6 Å². The normalized spacial score (nSPS) is 14.1. The summed E-state index contributed by atoms with van der Waals surface area (Å²) in [7, 11) is 0.